The van der Waals surface area contributed by atoms with Gasteiger partial charge in [-0.25, -0.2) is 13.2 Å². The zero-order valence-electron chi connectivity index (χ0n) is 11.9. The maximum Gasteiger partial charge on any atom is 0.262 e. The monoisotopic (exact) mass is 314 g/mol. The molecule has 4 nitrogen and oxygen atoms in total. The van der Waals surface area contributed by atoms with Crippen LogP contribution in [0.5, 0.6) is 5.75 Å². The Hall–Kier alpha value is -1.76. The Labute approximate surface area is 126 Å². The Kier molecular flexibility index (Phi) is 3.99. The van der Waals surface area contributed by atoms with E-state index in [1.165, 1.54) is 18.2 Å². The van der Waals surface area contributed by atoms with E-state index >= 15 is 0 Å². The molecule has 0 saturated carbocycles. The smallest absolute Gasteiger partial charge is 0.262 e. The first-order valence-electron chi connectivity index (χ1n) is 7.28. The van der Waals surface area contributed by atoms with E-state index in [4.69, 9.17) is 4.74 Å². The average Bonchev–Trinajstić information content (AvgIpc) is 2.72. The lowest BCUT2D eigenvalue weighted by Crippen LogP contribution is -2.42. The summed E-state index contributed by atoms with van der Waals surface area (Å²) in [4.78, 5) is 12.2. The molecule has 0 aliphatic carbocycles. The first-order chi connectivity index (χ1) is 10.4. The Morgan fingerprint density at radius 1 is 1.41 bits per heavy atom. The lowest BCUT2D eigenvalue weighted by atomic mass is 10.0. The normalized spacial score (nSPS) is 26.7. The SMILES string of the molecule is O=C(NC1CCCOc2ccc(F)cc21)C1CC(F)(F)CN1. The summed E-state index contributed by atoms with van der Waals surface area (Å²) in [5.41, 5.74) is 0.551. The van der Waals surface area contributed by atoms with Gasteiger partial charge in [0.2, 0.25) is 5.91 Å². The molecule has 1 aromatic carbocycles. The van der Waals surface area contributed by atoms with Crippen LogP contribution < -0.4 is 15.4 Å². The molecular weight excluding hydrogens is 297 g/mol. The minimum absolute atomic E-state index is 0.422. The molecule has 0 bridgehead atoms. The summed E-state index contributed by atoms with van der Waals surface area (Å²) in [7, 11) is 0. The van der Waals surface area contributed by atoms with E-state index in [9.17, 15) is 18.0 Å². The Morgan fingerprint density at radius 2 is 2.23 bits per heavy atom. The highest BCUT2D eigenvalue weighted by Gasteiger charge is 2.42. The highest BCUT2D eigenvalue weighted by atomic mass is 19.3. The van der Waals surface area contributed by atoms with Crippen LogP contribution in [0, 0.1) is 5.82 Å². The van der Waals surface area contributed by atoms with Gasteiger partial charge < -0.3 is 10.1 Å². The fraction of sp³-hybridized carbons (Fsp3) is 0.533. The highest BCUT2D eigenvalue weighted by molar-refractivity contribution is 5.82. The van der Waals surface area contributed by atoms with Gasteiger partial charge in [0.05, 0.1) is 25.2 Å². The molecule has 3 rings (SSSR count). The molecular formula is C15H17F3N2O2. The topological polar surface area (TPSA) is 50.4 Å². The molecule has 0 aromatic heterocycles. The lowest BCUT2D eigenvalue weighted by molar-refractivity contribution is -0.124. The van der Waals surface area contributed by atoms with Gasteiger partial charge in [0, 0.05) is 12.0 Å². The van der Waals surface area contributed by atoms with Crippen LogP contribution in [-0.2, 0) is 4.79 Å². The van der Waals surface area contributed by atoms with E-state index in [0.29, 0.717) is 30.8 Å². The summed E-state index contributed by atoms with van der Waals surface area (Å²) in [5.74, 6) is -3.25. The number of hydrogen-bond acceptors (Lipinski definition) is 3. The molecule has 2 heterocycles. The maximum absolute atomic E-state index is 13.5. The molecule has 2 N–H and O–H groups in total. The number of fused-ring (bicyclic) bond motifs is 1. The number of hydrogen-bond donors (Lipinski definition) is 2. The Morgan fingerprint density at radius 3 is 2.95 bits per heavy atom. The third-order valence-corrected chi connectivity index (χ3v) is 3.98. The Balaban J connectivity index is 1.75. The van der Waals surface area contributed by atoms with Crippen LogP contribution in [0.1, 0.15) is 30.9 Å². The number of rotatable bonds is 2. The molecule has 1 amide bonds. The van der Waals surface area contributed by atoms with Gasteiger partial charge in [0.15, 0.2) is 0 Å². The van der Waals surface area contributed by atoms with Crippen molar-refractivity contribution in [2.75, 3.05) is 13.2 Å². The number of nitrogens with one attached hydrogen (secondary N) is 2. The number of carbonyl (C=O) groups is 1. The summed E-state index contributed by atoms with van der Waals surface area (Å²) in [6.45, 7) is -0.0190. The van der Waals surface area contributed by atoms with Crippen LogP contribution in [0.15, 0.2) is 18.2 Å². The van der Waals surface area contributed by atoms with Crippen LogP contribution >= 0.6 is 0 Å². The molecule has 2 unspecified atom stereocenters. The molecule has 1 saturated heterocycles. The summed E-state index contributed by atoms with van der Waals surface area (Å²) in [5, 5.41) is 5.26. The summed E-state index contributed by atoms with van der Waals surface area (Å²) in [6.07, 6.45) is 0.749. The van der Waals surface area contributed by atoms with Crippen LogP contribution in [0.2, 0.25) is 0 Å². The molecule has 2 aliphatic heterocycles. The second-order valence-electron chi connectivity index (χ2n) is 5.73. The number of ether oxygens (including phenoxy) is 1. The van der Waals surface area contributed by atoms with Gasteiger partial charge in [-0.3, -0.25) is 10.1 Å². The maximum atomic E-state index is 13.5. The van der Waals surface area contributed by atoms with Crippen molar-refractivity contribution < 1.29 is 22.7 Å². The molecule has 120 valence electrons. The number of alkyl halides is 2. The minimum atomic E-state index is -2.86. The highest BCUT2D eigenvalue weighted by Crippen LogP contribution is 2.32. The molecule has 0 radical (unpaired) electrons. The van der Waals surface area contributed by atoms with E-state index in [0.717, 1.165) is 0 Å². The second-order valence-corrected chi connectivity index (χ2v) is 5.73. The van der Waals surface area contributed by atoms with Gasteiger partial charge in [-0.05, 0) is 31.0 Å². The molecule has 22 heavy (non-hydrogen) atoms. The lowest BCUT2D eigenvalue weighted by Gasteiger charge is -2.20. The second kappa shape index (κ2) is 5.79. The van der Waals surface area contributed by atoms with Crippen molar-refractivity contribution in [3.63, 3.8) is 0 Å². The molecule has 1 aromatic rings. The standard InChI is InChI=1S/C15H17F3N2O2/c16-9-3-4-13-10(6-9)11(2-1-5-22-13)20-14(21)12-7-15(17,18)8-19-12/h3-4,6,11-12,19H,1-2,5,7-8H2,(H,20,21). The van der Waals surface area contributed by atoms with E-state index in [1.807, 2.05) is 0 Å². The zero-order chi connectivity index (χ0) is 15.7. The van der Waals surface area contributed by atoms with Crippen LogP contribution in [-0.4, -0.2) is 31.0 Å². The van der Waals surface area contributed by atoms with E-state index in [1.54, 1.807) is 0 Å². The van der Waals surface area contributed by atoms with E-state index in [-0.39, 0.29) is 0 Å². The number of amides is 1. The van der Waals surface area contributed by atoms with Crippen molar-refractivity contribution in [3.05, 3.63) is 29.6 Å². The zero-order valence-corrected chi connectivity index (χ0v) is 11.9. The van der Waals surface area contributed by atoms with Gasteiger partial charge in [-0.2, -0.15) is 0 Å². The Bertz CT molecular complexity index is 580. The fourth-order valence-electron chi connectivity index (χ4n) is 2.87. The van der Waals surface area contributed by atoms with Crippen LogP contribution in [0.3, 0.4) is 0 Å². The largest absolute Gasteiger partial charge is 0.493 e. The molecule has 2 aliphatic rings. The van der Waals surface area contributed by atoms with Crippen molar-refractivity contribution in [2.24, 2.45) is 0 Å². The third-order valence-electron chi connectivity index (χ3n) is 3.98. The van der Waals surface area contributed by atoms with Crippen molar-refractivity contribution >= 4 is 5.91 Å². The molecule has 2 atom stereocenters. The first-order valence-corrected chi connectivity index (χ1v) is 7.28. The number of carbonyl (C=O) groups excluding carboxylic acids is 1. The van der Waals surface area contributed by atoms with Crippen LogP contribution in [0.25, 0.3) is 0 Å². The molecule has 0 spiro atoms. The quantitative estimate of drug-likeness (QED) is 0.879. The van der Waals surface area contributed by atoms with Gasteiger partial charge in [0.1, 0.15) is 11.6 Å². The minimum Gasteiger partial charge on any atom is -0.493 e. The molecule has 7 heteroatoms. The third kappa shape index (κ3) is 3.19. The number of benzene rings is 1. The van der Waals surface area contributed by atoms with Crippen molar-refractivity contribution in [1.82, 2.24) is 10.6 Å². The van der Waals surface area contributed by atoms with Crippen molar-refractivity contribution in [3.8, 4) is 5.75 Å². The van der Waals surface area contributed by atoms with Crippen LogP contribution in [0.4, 0.5) is 13.2 Å². The van der Waals surface area contributed by atoms with Gasteiger partial charge in [-0.1, -0.05) is 0 Å². The van der Waals surface area contributed by atoms with Gasteiger partial charge in [0.25, 0.3) is 5.92 Å². The van der Waals surface area contributed by atoms with Gasteiger partial charge >= 0.3 is 0 Å². The van der Waals surface area contributed by atoms with Gasteiger partial charge in [-0.15, -0.1) is 0 Å². The summed E-state index contributed by atoms with van der Waals surface area (Å²) >= 11 is 0. The average molecular weight is 314 g/mol. The predicted octanol–water partition coefficient (Wildman–Crippen LogP) is 2.15. The van der Waals surface area contributed by atoms with E-state index < -0.39 is 42.7 Å². The van der Waals surface area contributed by atoms with E-state index in [2.05, 4.69) is 10.6 Å². The first kappa shape index (κ1) is 15.1. The van der Waals surface area contributed by atoms with Crippen molar-refractivity contribution in [2.45, 2.75) is 37.3 Å². The fourth-order valence-corrected chi connectivity index (χ4v) is 2.87. The predicted molar refractivity (Wildman–Crippen MR) is 73.4 cm³/mol. The number of halogens is 3. The van der Waals surface area contributed by atoms with Crippen molar-refractivity contribution in [1.29, 1.82) is 0 Å². The summed E-state index contributed by atoms with van der Waals surface area (Å²) in [6, 6.07) is 2.79. The molecule has 1 fully saturated rings. The summed E-state index contributed by atoms with van der Waals surface area (Å²) < 4.78 is 45.3.